The van der Waals surface area contributed by atoms with Gasteiger partial charge in [-0.05, 0) is 18.1 Å². The fraction of sp³-hybridized carbons (Fsp3) is 0.600. The van der Waals surface area contributed by atoms with Crippen molar-refractivity contribution in [1.82, 2.24) is 0 Å². The molecule has 19 heavy (non-hydrogen) atoms. The SMILES string of the molecule is COCCCOCCOCC1CSc2ccccc21. The van der Waals surface area contributed by atoms with Crippen molar-refractivity contribution < 1.29 is 14.2 Å². The van der Waals surface area contributed by atoms with Gasteiger partial charge in [0, 0.05) is 36.9 Å². The molecule has 1 aliphatic rings. The molecule has 0 spiro atoms. The molecule has 1 aromatic carbocycles. The summed E-state index contributed by atoms with van der Waals surface area (Å²) in [5.41, 5.74) is 1.44. The van der Waals surface area contributed by atoms with Crippen LogP contribution in [0.5, 0.6) is 0 Å². The molecule has 4 heteroatoms. The molecule has 3 nitrogen and oxygen atoms in total. The Morgan fingerprint density at radius 2 is 1.95 bits per heavy atom. The van der Waals surface area contributed by atoms with E-state index < -0.39 is 0 Å². The molecule has 1 heterocycles. The van der Waals surface area contributed by atoms with Gasteiger partial charge in [-0.3, -0.25) is 0 Å². The van der Waals surface area contributed by atoms with Crippen LogP contribution in [0.4, 0.5) is 0 Å². The maximum Gasteiger partial charge on any atom is 0.0700 e. The van der Waals surface area contributed by atoms with Gasteiger partial charge in [-0.1, -0.05) is 18.2 Å². The van der Waals surface area contributed by atoms with Crippen LogP contribution < -0.4 is 0 Å². The molecule has 0 fully saturated rings. The van der Waals surface area contributed by atoms with E-state index in [0.29, 0.717) is 19.1 Å². The van der Waals surface area contributed by atoms with E-state index in [1.54, 1.807) is 7.11 Å². The maximum atomic E-state index is 5.71. The molecule has 1 atom stereocenters. The molecule has 1 aromatic rings. The van der Waals surface area contributed by atoms with E-state index in [4.69, 9.17) is 14.2 Å². The van der Waals surface area contributed by atoms with Gasteiger partial charge < -0.3 is 14.2 Å². The Bertz CT molecular complexity index is 370. The van der Waals surface area contributed by atoms with Crippen LogP contribution in [-0.4, -0.2) is 45.9 Å². The Hall–Kier alpha value is -0.550. The van der Waals surface area contributed by atoms with Crippen LogP contribution in [0.25, 0.3) is 0 Å². The lowest BCUT2D eigenvalue weighted by atomic mass is 10.0. The number of hydrogen-bond acceptors (Lipinski definition) is 4. The zero-order valence-electron chi connectivity index (χ0n) is 11.5. The Morgan fingerprint density at radius 3 is 2.84 bits per heavy atom. The lowest BCUT2D eigenvalue weighted by molar-refractivity contribution is 0.0367. The highest BCUT2D eigenvalue weighted by Gasteiger charge is 2.22. The Labute approximate surface area is 119 Å². The van der Waals surface area contributed by atoms with Crippen molar-refractivity contribution in [3.63, 3.8) is 0 Å². The molecule has 0 aromatic heterocycles. The van der Waals surface area contributed by atoms with Crippen molar-refractivity contribution in [3.05, 3.63) is 29.8 Å². The number of hydrogen-bond donors (Lipinski definition) is 0. The fourth-order valence-corrected chi connectivity index (χ4v) is 3.35. The van der Waals surface area contributed by atoms with E-state index in [-0.39, 0.29) is 0 Å². The second-order valence-corrected chi connectivity index (χ2v) is 5.64. The van der Waals surface area contributed by atoms with E-state index in [1.807, 2.05) is 11.8 Å². The zero-order valence-corrected chi connectivity index (χ0v) is 12.3. The Balaban J connectivity index is 1.55. The van der Waals surface area contributed by atoms with Gasteiger partial charge in [-0.2, -0.15) is 0 Å². The Kier molecular flexibility index (Phi) is 6.71. The third-order valence-electron chi connectivity index (χ3n) is 3.13. The summed E-state index contributed by atoms with van der Waals surface area (Å²) < 4.78 is 16.1. The topological polar surface area (TPSA) is 27.7 Å². The van der Waals surface area contributed by atoms with Crippen LogP contribution in [-0.2, 0) is 14.2 Å². The molecule has 1 unspecified atom stereocenters. The second-order valence-electron chi connectivity index (χ2n) is 4.58. The van der Waals surface area contributed by atoms with E-state index in [9.17, 15) is 0 Å². The minimum Gasteiger partial charge on any atom is -0.385 e. The van der Waals surface area contributed by atoms with Crippen molar-refractivity contribution in [2.75, 3.05) is 45.9 Å². The van der Waals surface area contributed by atoms with E-state index in [1.165, 1.54) is 10.5 Å². The minimum absolute atomic E-state index is 0.537. The molecule has 0 saturated heterocycles. The highest BCUT2D eigenvalue weighted by Crippen LogP contribution is 2.39. The number of benzene rings is 1. The van der Waals surface area contributed by atoms with Gasteiger partial charge in [0.2, 0.25) is 0 Å². The second kappa shape index (κ2) is 8.59. The number of thioether (sulfide) groups is 1. The number of methoxy groups -OCH3 is 1. The summed E-state index contributed by atoms with van der Waals surface area (Å²) in [6.45, 7) is 3.66. The monoisotopic (exact) mass is 282 g/mol. The first kappa shape index (κ1) is 14.9. The highest BCUT2D eigenvalue weighted by molar-refractivity contribution is 7.99. The predicted molar refractivity (Wildman–Crippen MR) is 78.0 cm³/mol. The molecule has 0 amide bonds. The van der Waals surface area contributed by atoms with Gasteiger partial charge in [0.05, 0.1) is 19.8 Å². The normalized spacial score (nSPS) is 17.6. The standard InChI is InChI=1S/C15H22O3S/c1-16-7-4-8-17-9-10-18-11-13-12-19-15-6-3-2-5-14(13)15/h2-3,5-6,13H,4,7-12H2,1H3. The molecular formula is C15H22O3S. The Morgan fingerprint density at radius 1 is 1.11 bits per heavy atom. The summed E-state index contributed by atoms with van der Waals surface area (Å²) in [7, 11) is 1.71. The third-order valence-corrected chi connectivity index (χ3v) is 4.38. The number of rotatable bonds is 9. The van der Waals surface area contributed by atoms with Gasteiger partial charge in [0.1, 0.15) is 0 Å². The first-order chi connectivity index (χ1) is 9.42. The average molecular weight is 282 g/mol. The molecule has 0 bridgehead atoms. The fourth-order valence-electron chi connectivity index (χ4n) is 2.12. The third kappa shape index (κ3) is 4.80. The summed E-state index contributed by atoms with van der Waals surface area (Å²) in [5.74, 6) is 1.67. The lowest BCUT2D eigenvalue weighted by Crippen LogP contribution is -2.12. The van der Waals surface area contributed by atoms with Gasteiger partial charge >= 0.3 is 0 Å². The van der Waals surface area contributed by atoms with Crippen molar-refractivity contribution in [2.45, 2.75) is 17.2 Å². The molecule has 0 saturated carbocycles. The molecule has 1 aliphatic heterocycles. The summed E-state index contributed by atoms with van der Waals surface area (Å²) in [4.78, 5) is 1.41. The van der Waals surface area contributed by atoms with E-state index in [0.717, 1.165) is 32.0 Å². The summed E-state index contributed by atoms with van der Waals surface area (Å²) in [6.07, 6.45) is 0.948. The minimum atomic E-state index is 0.537. The number of ether oxygens (including phenoxy) is 3. The van der Waals surface area contributed by atoms with Gasteiger partial charge in [-0.25, -0.2) is 0 Å². The van der Waals surface area contributed by atoms with Crippen molar-refractivity contribution in [3.8, 4) is 0 Å². The first-order valence-electron chi connectivity index (χ1n) is 6.78. The largest absolute Gasteiger partial charge is 0.385 e. The van der Waals surface area contributed by atoms with Crippen LogP contribution in [0.2, 0.25) is 0 Å². The van der Waals surface area contributed by atoms with Crippen molar-refractivity contribution in [2.24, 2.45) is 0 Å². The smallest absolute Gasteiger partial charge is 0.0700 e. The number of fused-ring (bicyclic) bond motifs is 1. The maximum absolute atomic E-state index is 5.71. The van der Waals surface area contributed by atoms with E-state index in [2.05, 4.69) is 24.3 Å². The predicted octanol–water partition coefficient (Wildman–Crippen LogP) is 2.95. The van der Waals surface area contributed by atoms with Crippen LogP contribution in [0.3, 0.4) is 0 Å². The van der Waals surface area contributed by atoms with Crippen molar-refractivity contribution in [1.29, 1.82) is 0 Å². The van der Waals surface area contributed by atoms with Gasteiger partial charge in [-0.15, -0.1) is 11.8 Å². The molecule has 0 N–H and O–H groups in total. The van der Waals surface area contributed by atoms with Gasteiger partial charge in [0.25, 0.3) is 0 Å². The summed E-state index contributed by atoms with van der Waals surface area (Å²) in [5, 5.41) is 0. The van der Waals surface area contributed by atoms with Crippen LogP contribution in [0.15, 0.2) is 29.2 Å². The average Bonchev–Trinajstić information content (AvgIpc) is 2.85. The molecule has 0 radical (unpaired) electrons. The van der Waals surface area contributed by atoms with Crippen LogP contribution in [0, 0.1) is 0 Å². The quantitative estimate of drug-likeness (QED) is 0.651. The summed E-state index contributed by atoms with van der Waals surface area (Å²) in [6, 6.07) is 8.61. The van der Waals surface area contributed by atoms with Crippen LogP contribution >= 0.6 is 11.8 Å². The first-order valence-corrected chi connectivity index (χ1v) is 7.76. The van der Waals surface area contributed by atoms with Crippen LogP contribution in [0.1, 0.15) is 17.9 Å². The lowest BCUT2D eigenvalue weighted by Gasteiger charge is -2.11. The van der Waals surface area contributed by atoms with E-state index >= 15 is 0 Å². The highest BCUT2D eigenvalue weighted by atomic mass is 32.2. The zero-order chi connectivity index (χ0) is 13.3. The summed E-state index contributed by atoms with van der Waals surface area (Å²) >= 11 is 1.93. The van der Waals surface area contributed by atoms with Crippen molar-refractivity contribution >= 4 is 11.8 Å². The molecule has 2 rings (SSSR count). The molecule has 106 valence electrons. The van der Waals surface area contributed by atoms with Gasteiger partial charge in [0.15, 0.2) is 0 Å². The molecule has 0 aliphatic carbocycles. The molecular weight excluding hydrogens is 260 g/mol.